The van der Waals surface area contributed by atoms with Crippen LogP contribution in [0.4, 0.5) is 5.82 Å². The van der Waals surface area contributed by atoms with Crippen LogP contribution in [0, 0.1) is 11.3 Å². The minimum absolute atomic E-state index is 0.105. The minimum Gasteiger partial charge on any atom is -0.384 e. The second-order valence-electron chi connectivity index (χ2n) is 9.64. The Bertz CT molecular complexity index is 992. The molecule has 8 heteroatoms. The number of nitrogens with zero attached hydrogens (tertiary/aromatic N) is 2. The number of anilines is 1. The van der Waals surface area contributed by atoms with Crippen LogP contribution in [-0.4, -0.2) is 53.0 Å². The minimum atomic E-state index is -1.09. The lowest BCUT2D eigenvalue weighted by molar-refractivity contribution is -0.155. The molecule has 2 heterocycles. The van der Waals surface area contributed by atoms with E-state index < -0.39 is 17.1 Å². The molecule has 0 bridgehead atoms. The summed E-state index contributed by atoms with van der Waals surface area (Å²) in [5, 5.41) is 18.0. The number of benzene rings is 1. The molecule has 0 radical (unpaired) electrons. The number of hydrogen-bond donors (Lipinski definition) is 3. The number of pyridine rings is 1. The van der Waals surface area contributed by atoms with Gasteiger partial charge in [0.15, 0.2) is 0 Å². The Hall–Kier alpha value is -2.64. The summed E-state index contributed by atoms with van der Waals surface area (Å²) in [5.41, 5.74) is -0.516. The monoisotopic (exact) mass is 472 g/mol. The first-order valence-electron chi connectivity index (χ1n) is 11.2. The highest BCUT2D eigenvalue weighted by Crippen LogP contribution is 2.46. The average Bonchev–Trinajstić information content (AvgIpc) is 2.78. The molecule has 2 aromatic rings. The summed E-state index contributed by atoms with van der Waals surface area (Å²) in [6.07, 6.45) is 1.88. The molecule has 3 N–H and O–H groups in total. The molecule has 178 valence electrons. The molecule has 3 rings (SSSR count). The third-order valence-corrected chi connectivity index (χ3v) is 6.84. The fourth-order valence-corrected chi connectivity index (χ4v) is 4.51. The van der Waals surface area contributed by atoms with Crippen LogP contribution >= 0.6 is 11.6 Å². The van der Waals surface area contributed by atoms with Gasteiger partial charge < -0.3 is 20.6 Å². The zero-order valence-corrected chi connectivity index (χ0v) is 20.6. The van der Waals surface area contributed by atoms with Crippen molar-refractivity contribution in [3.05, 3.63) is 58.7 Å². The molecule has 1 fully saturated rings. The van der Waals surface area contributed by atoms with Crippen LogP contribution in [0.2, 0.25) is 5.02 Å². The van der Waals surface area contributed by atoms with Gasteiger partial charge in [0.1, 0.15) is 11.9 Å². The maximum Gasteiger partial charge on any atom is 0.253 e. The lowest BCUT2D eigenvalue weighted by atomic mass is 9.66. The molecule has 0 unspecified atom stereocenters. The van der Waals surface area contributed by atoms with Crippen molar-refractivity contribution in [2.24, 2.45) is 11.3 Å². The van der Waals surface area contributed by atoms with Crippen LogP contribution in [0.1, 0.15) is 50.0 Å². The molecule has 2 atom stereocenters. The molecular weight excluding hydrogens is 440 g/mol. The molecule has 0 saturated carbocycles. The Morgan fingerprint density at radius 3 is 2.33 bits per heavy atom. The average molecular weight is 473 g/mol. The van der Waals surface area contributed by atoms with Crippen molar-refractivity contribution in [1.82, 2.24) is 15.2 Å². The molecule has 2 amide bonds. The number of carbonyl (C=O) groups is 2. The van der Waals surface area contributed by atoms with Gasteiger partial charge in [-0.1, -0.05) is 51.4 Å². The van der Waals surface area contributed by atoms with E-state index in [0.717, 1.165) is 5.56 Å². The first-order chi connectivity index (χ1) is 15.5. The van der Waals surface area contributed by atoms with Crippen molar-refractivity contribution >= 4 is 29.2 Å². The van der Waals surface area contributed by atoms with E-state index in [-0.39, 0.29) is 17.7 Å². The first kappa shape index (κ1) is 25.0. The van der Waals surface area contributed by atoms with E-state index in [0.29, 0.717) is 35.9 Å². The first-order valence-corrected chi connectivity index (χ1v) is 11.6. The van der Waals surface area contributed by atoms with Crippen molar-refractivity contribution in [1.29, 1.82) is 0 Å². The summed E-state index contributed by atoms with van der Waals surface area (Å²) in [6, 6.07) is 9.92. The van der Waals surface area contributed by atoms with Gasteiger partial charge in [0, 0.05) is 36.8 Å². The highest BCUT2D eigenvalue weighted by molar-refractivity contribution is 6.30. The van der Waals surface area contributed by atoms with Gasteiger partial charge in [-0.25, -0.2) is 4.98 Å². The van der Waals surface area contributed by atoms with Crippen molar-refractivity contribution in [3.8, 4) is 0 Å². The topological polar surface area (TPSA) is 94.6 Å². The smallest absolute Gasteiger partial charge is 0.253 e. The number of piperidine rings is 1. The number of halogens is 1. The van der Waals surface area contributed by atoms with E-state index in [1.807, 2.05) is 39.8 Å². The number of nitrogens with one attached hydrogen (secondary N) is 2. The Morgan fingerprint density at radius 1 is 1.15 bits per heavy atom. The molecule has 0 spiro atoms. The van der Waals surface area contributed by atoms with Gasteiger partial charge in [0.05, 0.1) is 11.2 Å². The molecule has 1 aromatic carbocycles. The van der Waals surface area contributed by atoms with Gasteiger partial charge in [-0.2, -0.15) is 0 Å². The SMILES string of the molecule is CNc1ccc(C(=O)N[C@@H](C(=O)N2CC[C@](O)(c3ccc(Cl)cc3)C(C)(C)C2)C(C)C)cn1. The molecule has 7 nitrogen and oxygen atoms in total. The van der Waals surface area contributed by atoms with E-state index in [4.69, 9.17) is 11.6 Å². The van der Waals surface area contributed by atoms with Crippen LogP contribution in [0.5, 0.6) is 0 Å². The molecular formula is C25H33ClN4O3. The highest BCUT2D eigenvalue weighted by atomic mass is 35.5. The van der Waals surface area contributed by atoms with E-state index in [1.165, 1.54) is 6.20 Å². The summed E-state index contributed by atoms with van der Waals surface area (Å²) in [4.78, 5) is 32.2. The van der Waals surface area contributed by atoms with Gasteiger partial charge in [-0.15, -0.1) is 0 Å². The van der Waals surface area contributed by atoms with Crippen LogP contribution < -0.4 is 10.6 Å². The number of hydrogen-bond acceptors (Lipinski definition) is 5. The second-order valence-corrected chi connectivity index (χ2v) is 10.1. The van der Waals surface area contributed by atoms with Gasteiger partial charge in [-0.3, -0.25) is 9.59 Å². The Kier molecular flexibility index (Phi) is 7.34. The van der Waals surface area contributed by atoms with Crippen molar-refractivity contribution < 1.29 is 14.7 Å². The van der Waals surface area contributed by atoms with E-state index >= 15 is 0 Å². The van der Waals surface area contributed by atoms with Crippen molar-refractivity contribution in [3.63, 3.8) is 0 Å². The Morgan fingerprint density at radius 2 is 1.82 bits per heavy atom. The molecule has 1 aliphatic heterocycles. The zero-order chi connectivity index (χ0) is 24.4. The van der Waals surface area contributed by atoms with E-state index in [9.17, 15) is 14.7 Å². The van der Waals surface area contributed by atoms with Crippen LogP contribution in [-0.2, 0) is 10.4 Å². The number of amides is 2. The third kappa shape index (κ3) is 5.14. The molecule has 1 aliphatic rings. The summed E-state index contributed by atoms with van der Waals surface area (Å²) >= 11 is 6.02. The normalized spacial score (nSPS) is 20.9. The fraction of sp³-hybridized carbons (Fsp3) is 0.480. The van der Waals surface area contributed by atoms with Gasteiger partial charge >= 0.3 is 0 Å². The highest BCUT2D eigenvalue weighted by Gasteiger charge is 2.50. The van der Waals surface area contributed by atoms with Crippen molar-refractivity contribution in [2.45, 2.75) is 45.8 Å². The van der Waals surface area contributed by atoms with Gasteiger partial charge in [0.25, 0.3) is 5.91 Å². The van der Waals surface area contributed by atoms with Crippen molar-refractivity contribution in [2.75, 3.05) is 25.5 Å². The molecule has 0 aliphatic carbocycles. The van der Waals surface area contributed by atoms with Gasteiger partial charge in [0.2, 0.25) is 5.91 Å². The summed E-state index contributed by atoms with van der Waals surface area (Å²) in [5.74, 6) is 0.0634. The quantitative estimate of drug-likeness (QED) is 0.596. The standard InChI is InChI=1S/C25H33ClN4O3/c1-16(2)21(29-22(31)17-6-11-20(27-5)28-14-17)23(32)30-13-12-25(33,24(3,4)15-30)18-7-9-19(26)10-8-18/h6-11,14,16,21,33H,12-13,15H2,1-5H3,(H,27,28)(H,29,31)/t21-,25+/m1/s1. The molecule has 33 heavy (non-hydrogen) atoms. The number of likely N-dealkylation sites (tertiary alicyclic amines) is 1. The second kappa shape index (κ2) is 9.69. The lowest BCUT2D eigenvalue weighted by Crippen LogP contribution is -2.60. The predicted molar refractivity (Wildman–Crippen MR) is 130 cm³/mol. The predicted octanol–water partition coefficient (Wildman–Crippen LogP) is 3.68. The zero-order valence-electron chi connectivity index (χ0n) is 19.9. The van der Waals surface area contributed by atoms with Crippen LogP contribution in [0.25, 0.3) is 0 Å². The summed E-state index contributed by atoms with van der Waals surface area (Å²) in [6.45, 7) is 8.48. The summed E-state index contributed by atoms with van der Waals surface area (Å²) in [7, 11) is 1.75. The van der Waals surface area contributed by atoms with Gasteiger partial charge in [-0.05, 0) is 42.2 Å². The van der Waals surface area contributed by atoms with E-state index in [2.05, 4.69) is 15.6 Å². The van der Waals surface area contributed by atoms with E-state index in [1.54, 1.807) is 36.2 Å². The van der Waals surface area contributed by atoms with Crippen LogP contribution in [0.3, 0.4) is 0 Å². The van der Waals surface area contributed by atoms with Crippen LogP contribution in [0.15, 0.2) is 42.6 Å². The Balaban J connectivity index is 1.75. The Labute approximate surface area is 200 Å². The fourth-order valence-electron chi connectivity index (χ4n) is 4.38. The number of aromatic nitrogens is 1. The maximum atomic E-state index is 13.5. The molecule has 1 saturated heterocycles. The number of aliphatic hydroxyl groups is 1. The molecule has 1 aromatic heterocycles. The maximum absolute atomic E-state index is 13.5. The lowest BCUT2D eigenvalue weighted by Gasteiger charge is -2.51. The largest absolute Gasteiger partial charge is 0.384 e. The summed E-state index contributed by atoms with van der Waals surface area (Å²) < 4.78 is 0. The number of carbonyl (C=O) groups excluding carboxylic acids is 2. The third-order valence-electron chi connectivity index (χ3n) is 6.58. The number of rotatable bonds is 6.